The molecule has 0 fully saturated rings. The Hall–Kier alpha value is -3.44. The van der Waals surface area contributed by atoms with Crippen molar-refractivity contribution in [1.82, 2.24) is 0 Å². The van der Waals surface area contributed by atoms with Crippen molar-refractivity contribution in [1.29, 1.82) is 0 Å². The van der Waals surface area contributed by atoms with E-state index in [0.29, 0.717) is 16.3 Å². The highest BCUT2D eigenvalue weighted by atomic mass is 35.5. The van der Waals surface area contributed by atoms with Crippen molar-refractivity contribution in [2.75, 3.05) is 11.9 Å². The number of anilines is 1. The molecule has 0 aliphatic heterocycles. The second-order valence-corrected chi connectivity index (χ2v) is 6.99. The van der Waals surface area contributed by atoms with Crippen LogP contribution in [0.2, 0.25) is 5.02 Å². The first-order valence-electron chi connectivity index (χ1n) is 9.43. The molecule has 3 aromatic carbocycles. The summed E-state index contributed by atoms with van der Waals surface area (Å²) >= 11 is 5.86. The Labute approximate surface area is 179 Å². The maximum atomic E-state index is 12.8. The first-order valence-corrected chi connectivity index (χ1v) is 9.81. The van der Waals surface area contributed by atoms with Gasteiger partial charge < -0.3 is 10.1 Å². The van der Waals surface area contributed by atoms with Crippen LogP contribution in [0, 0.1) is 0 Å². The summed E-state index contributed by atoms with van der Waals surface area (Å²) in [6.45, 7) is 1.58. The third kappa shape index (κ3) is 5.33. The van der Waals surface area contributed by atoms with Gasteiger partial charge in [-0.05, 0) is 54.4 Å². The molecule has 0 aliphatic rings. The molecular formula is C24H20ClNO4. The summed E-state index contributed by atoms with van der Waals surface area (Å²) in [5.74, 6) is -1.54. The van der Waals surface area contributed by atoms with Crippen LogP contribution in [0.5, 0.6) is 0 Å². The van der Waals surface area contributed by atoms with Crippen LogP contribution in [-0.2, 0) is 16.0 Å². The van der Waals surface area contributed by atoms with Gasteiger partial charge in [-0.15, -0.1) is 0 Å². The number of benzene rings is 3. The molecule has 3 aromatic rings. The van der Waals surface area contributed by atoms with Crippen molar-refractivity contribution in [2.45, 2.75) is 13.3 Å². The van der Waals surface area contributed by atoms with Gasteiger partial charge in [-0.3, -0.25) is 9.59 Å². The van der Waals surface area contributed by atoms with Crippen LogP contribution in [-0.4, -0.2) is 24.3 Å². The number of ketones is 1. The van der Waals surface area contributed by atoms with Gasteiger partial charge in [-0.2, -0.15) is 0 Å². The number of halogens is 1. The molecule has 0 heterocycles. The van der Waals surface area contributed by atoms with Gasteiger partial charge in [0.05, 0.1) is 5.56 Å². The average Bonchev–Trinajstić information content (AvgIpc) is 2.78. The minimum absolute atomic E-state index is 0.0950. The molecule has 152 valence electrons. The SMILES string of the molecule is CCc1ccc(NC(=O)COC(=O)c2ccccc2C(=O)c2ccc(Cl)cc2)cc1. The molecule has 6 heteroatoms. The Kier molecular flexibility index (Phi) is 6.99. The Bertz CT molecular complexity index is 1060. The number of hydrogen-bond donors (Lipinski definition) is 1. The molecule has 3 rings (SSSR count). The number of ether oxygens (including phenoxy) is 1. The number of aryl methyl sites for hydroxylation is 1. The smallest absolute Gasteiger partial charge is 0.339 e. The molecule has 30 heavy (non-hydrogen) atoms. The molecule has 0 aromatic heterocycles. The maximum Gasteiger partial charge on any atom is 0.339 e. The van der Waals surface area contributed by atoms with Crippen molar-refractivity contribution in [3.8, 4) is 0 Å². The van der Waals surface area contributed by atoms with Crippen LogP contribution in [0.15, 0.2) is 72.8 Å². The molecule has 0 bridgehead atoms. The number of carbonyl (C=O) groups excluding carboxylic acids is 3. The second-order valence-electron chi connectivity index (χ2n) is 6.56. The lowest BCUT2D eigenvalue weighted by molar-refractivity contribution is -0.119. The van der Waals surface area contributed by atoms with E-state index in [1.165, 1.54) is 6.07 Å². The number of hydrogen-bond acceptors (Lipinski definition) is 4. The van der Waals surface area contributed by atoms with E-state index < -0.39 is 18.5 Å². The quantitative estimate of drug-likeness (QED) is 0.433. The van der Waals surface area contributed by atoms with Crippen molar-refractivity contribution in [3.05, 3.63) is 100 Å². The fourth-order valence-electron chi connectivity index (χ4n) is 2.85. The molecule has 0 saturated carbocycles. The summed E-state index contributed by atoms with van der Waals surface area (Å²) in [7, 11) is 0. The normalized spacial score (nSPS) is 10.3. The van der Waals surface area contributed by atoms with Crippen LogP contribution < -0.4 is 5.32 Å². The highest BCUT2D eigenvalue weighted by molar-refractivity contribution is 6.30. The first kappa shape index (κ1) is 21.3. The van der Waals surface area contributed by atoms with Crippen LogP contribution in [0.3, 0.4) is 0 Å². The third-order valence-electron chi connectivity index (χ3n) is 4.48. The van der Waals surface area contributed by atoms with E-state index in [4.69, 9.17) is 16.3 Å². The monoisotopic (exact) mass is 421 g/mol. The van der Waals surface area contributed by atoms with E-state index in [1.807, 2.05) is 19.1 Å². The summed E-state index contributed by atoms with van der Waals surface area (Å²) in [4.78, 5) is 37.4. The topological polar surface area (TPSA) is 72.5 Å². The van der Waals surface area contributed by atoms with E-state index in [0.717, 1.165) is 12.0 Å². The largest absolute Gasteiger partial charge is 0.452 e. The highest BCUT2D eigenvalue weighted by Crippen LogP contribution is 2.18. The predicted molar refractivity (Wildman–Crippen MR) is 116 cm³/mol. The van der Waals surface area contributed by atoms with Gasteiger partial charge in [0.2, 0.25) is 0 Å². The number of carbonyl (C=O) groups is 3. The van der Waals surface area contributed by atoms with Gasteiger partial charge in [-0.25, -0.2) is 4.79 Å². The molecule has 0 atom stereocenters. The zero-order chi connectivity index (χ0) is 21.5. The summed E-state index contributed by atoms with van der Waals surface area (Å²) < 4.78 is 5.13. The Morgan fingerprint density at radius 1 is 0.867 bits per heavy atom. The third-order valence-corrected chi connectivity index (χ3v) is 4.73. The lowest BCUT2D eigenvalue weighted by atomic mass is 9.98. The summed E-state index contributed by atoms with van der Waals surface area (Å²) in [6, 6.07) is 20.1. The molecule has 0 radical (unpaired) electrons. The van der Waals surface area contributed by atoms with Gasteiger partial charge in [-0.1, -0.05) is 48.9 Å². The lowest BCUT2D eigenvalue weighted by Gasteiger charge is -2.10. The Morgan fingerprint density at radius 3 is 2.13 bits per heavy atom. The fraction of sp³-hybridized carbons (Fsp3) is 0.125. The summed E-state index contributed by atoms with van der Waals surface area (Å²) in [6.07, 6.45) is 0.903. The van der Waals surface area contributed by atoms with Crippen LogP contribution >= 0.6 is 11.6 Å². The van der Waals surface area contributed by atoms with E-state index in [9.17, 15) is 14.4 Å². The molecule has 1 amide bonds. The molecule has 1 N–H and O–H groups in total. The minimum atomic E-state index is -0.746. The standard InChI is InChI=1S/C24H20ClNO4/c1-2-16-7-13-19(14-8-16)26-22(27)15-30-24(29)21-6-4-3-5-20(21)23(28)17-9-11-18(25)12-10-17/h3-14H,2,15H2,1H3,(H,26,27). The van der Waals surface area contributed by atoms with Gasteiger partial charge in [0.15, 0.2) is 12.4 Å². The molecule has 0 spiro atoms. The minimum Gasteiger partial charge on any atom is -0.452 e. The predicted octanol–water partition coefficient (Wildman–Crippen LogP) is 4.93. The number of esters is 1. The molecule has 0 unspecified atom stereocenters. The number of amides is 1. The van der Waals surface area contributed by atoms with Gasteiger partial charge >= 0.3 is 5.97 Å². The zero-order valence-electron chi connectivity index (χ0n) is 16.4. The second kappa shape index (κ2) is 9.85. The van der Waals surface area contributed by atoms with Crippen LogP contribution in [0.4, 0.5) is 5.69 Å². The van der Waals surface area contributed by atoms with Crippen LogP contribution in [0.1, 0.15) is 38.8 Å². The van der Waals surface area contributed by atoms with Crippen molar-refractivity contribution in [3.63, 3.8) is 0 Å². The molecule has 0 saturated heterocycles. The van der Waals surface area contributed by atoms with Crippen molar-refractivity contribution < 1.29 is 19.1 Å². The molecule has 5 nitrogen and oxygen atoms in total. The van der Waals surface area contributed by atoms with Gasteiger partial charge in [0, 0.05) is 21.8 Å². The Balaban J connectivity index is 1.66. The van der Waals surface area contributed by atoms with Gasteiger partial charge in [0.25, 0.3) is 5.91 Å². The number of nitrogens with one attached hydrogen (secondary N) is 1. The van der Waals surface area contributed by atoms with E-state index in [-0.39, 0.29) is 16.9 Å². The highest BCUT2D eigenvalue weighted by Gasteiger charge is 2.20. The van der Waals surface area contributed by atoms with Crippen molar-refractivity contribution in [2.24, 2.45) is 0 Å². The first-order chi connectivity index (χ1) is 14.5. The molecular weight excluding hydrogens is 402 g/mol. The van der Waals surface area contributed by atoms with E-state index in [1.54, 1.807) is 54.6 Å². The van der Waals surface area contributed by atoms with Crippen LogP contribution in [0.25, 0.3) is 0 Å². The van der Waals surface area contributed by atoms with E-state index in [2.05, 4.69) is 5.32 Å². The summed E-state index contributed by atoms with van der Waals surface area (Å²) in [5, 5.41) is 3.18. The lowest BCUT2D eigenvalue weighted by Crippen LogP contribution is -2.22. The van der Waals surface area contributed by atoms with Gasteiger partial charge in [0.1, 0.15) is 0 Å². The van der Waals surface area contributed by atoms with E-state index >= 15 is 0 Å². The average molecular weight is 422 g/mol. The fourth-order valence-corrected chi connectivity index (χ4v) is 2.97. The zero-order valence-corrected chi connectivity index (χ0v) is 17.1. The number of rotatable bonds is 7. The molecule has 0 aliphatic carbocycles. The maximum absolute atomic E-state index is 12.8. The summed E-state index contributed by atoms with van der Waals surface area (Å²) in [5.41, 5.74) is 2.46. The Morgan fingerprint density at radius 2 is 1.50 bits per heavy atom. The van der Waals surface area contributed by atoms with Crippen molar-refractivity contribution >= 4 is 34.9 Å².